The van der Waals surface area contributed by atoms with Crippen LogP contribution in [0, 0.1) is 13.8 Å². The Morgan fingerprint density at radius 2 is 1.94 bits per heavy atom. The zero-order chi connectivity index (χ0) is 12.3. The van der Waals surface area contributed by atoms with E-state index >= 15 is 0 Å². The normalized spacial score (nSPS) is 14.3. The molecule has 3 N–H and O–H groups in total. The third kappa shape index (κ3) is 3.07. The summed E-state index contributed by atoms with van der Waals surface area (Å²) in [5.41, 5.74) is 9.07. The summed E-state index contributed by atoms with van der Waals surface area (Å²) in [5, 5.41) is 2.89. The molecule has 0 aliphatic rings. The fourth-order valence-corrected chi connectivity index (χ4v) is 1.73. The Kier molecular flexibility index (Phi) is 4.07. The first-order valence-corrected chi connectivity index (χ1v) is 5.55. The number of aryl methyl sites for hydroxylation is 2. The number of benzene rings is 1. The Morgan fingerprint density at radius 3 is 2.44 bits per heavy atom. The number of rotatable bonds is 3. The van der Waals surface area contributed by atoms with Crippen LogP contribution in [0.2, 0.25) is 0 Å². The van der Waals surface area contributed by atoms with Gasteiger partial charge in [0, 0.05) is 0 Å². The lowest BCUT2D eigenvalue weighted by molar-refractivity contribution is -0.122. The molecule has 0 saturated heterocycles. The molecule has 16 heavy (non-hydrogen) atoms. The Balaban J connectivity index is 2.80. The van der Waals surface area contributed by atoms with Gasteiger partial charge in [-0.25, -0.2) is 0 Å². The summed E-state index contributed by atoms with van der Waals surface area (Å²) in [5.74, 6) is -0.118. The van der Waals surface area contributed by atoms with Crippen LogP contribution >= 0.6 is 0 Å². The molecule has 0 fully saturated rings. The predicted molar refractivity (Wildman–Crippen MR) is 66.1 cm³/mol. The van der Waals surface area contributed by atoms with Crippen LogP contribution < -0.4 is 11.1 Å². The highest BCUT2D eigenvalue weighted by atomic mass is 16.2. The highest BCUT2D eigenvalue weighted by Crippen LogP contribution is 2.18. The van der Waals surface area contributed by atoms with Crippen molar-refractivity contribution < 1.29 is 4.79 Å². The number of carbonyl (C=O) groups is 1. The Morgan fingerprint density at radius 1 is 1.31 bits per heavy atom. The van der Waals surface area contributed by atoms with Crippen LogP contribution in [-0.4, -0.2) is 11.9 Å². The van der Waals surface area contributed by atoms with Crippen LogP contribution in [0.3, 0.4) is 0 Å². The monoisotopic (exact) mass is 220 g/mol. The van der Waals surface area contributed by atoms with Gasteiger partial charge in [0.25, 0.3) is 0 Å². The van der Waals surface area contributed by atoms with Crippen LogP contribution in [-0.2, 0) is 4.79 Å². The van der Waals surface area contributed by atoms with E-state index in [1.807, 2.05) is 6.92 Å². The van der Waals surface area contributed by atoms with Gasteiger partial charge in [-0.1, -0.05) is 23.8 Å². The van der Waals surface area contributed by atoms with Gasteiger partial charge in [0.05, 0.1) is 12.1 Å². The van der Waals surface area contributed by atoms with E-state index < -0.39 is 6.04 Å². The van der Waals surface area contributed by atoms with Crippen molar-refractivity contribution in [3.8, 4) is 0 Å². The lowest BCUT2D eigenvalue weighted by Gasteiger charge is -2.18. The van der Waals surface area contributed by atoms with Gasteiger partial charge >= 0.3 is 0 Å². The molecule has 0 aliphatic carbocycles. The van der Waals surface area contributed by atoms with E-state index in [-0.39, 0.29) is 11.9 Å². The second kappa shape index (κ2) is 5.12. The number of carbonyl (C=O) groups excluding carboxylic acids is 1. The number of nitrogens with two attached hydrogens (primary N) is 1. The van der Waals surface area contributed by atoms with E-state index in [1.165, 1.54) is 11.1 Å². The lowest BCUT2D eigenvalue weighted by Crippen LogP contribution is -2.39. The molecule has 0 saturated carbocycles. The van der Waals surface area contributed by atoms with E-state index in [0.29, 0.717) is 0 Å². The predicted octanol–water partition coefficient (Wildman–Crippen LogP) is 1.83. The van der Waals surface area contributed by atoms with Crippen LogP contribution in [0.4, 0.5) is 0 Å². The average Bonchev–Trinajstić information content (AvgIpc) is 2.16. The van der Waals surface area contributed by atoms with Gasteiger partial charge in [-0.15, -0.1) is 0 Å². The number of amides is 1. The van der Waals surface area contributed by atoms with Crippen LogP contribution in [0.5, 0.6) is 0 Å². The standard InChI is InChI=1S/C13H20N2O/c1-8-5-6-12(9(2)7-8)11(4)15-13(16)10(3)14/h5-7,10-11H,14H2,1-4H3,(H,15,16)/t10-,11?/m0/s1. The van der Waals surface area contributed by atoms with Crippen molar-refractivity contribution in [3.05, 3.63) is 34.9 Å². The molecule has 0 spiro atoms. The minimum absolute atomic E-state index is 0.000833. The van der Waals surface area contributed by atoms with Crippen molar-refractivity contribution >= 4 is 5.91 Å². The molecule has 0 bridgehead atoms. The van der Waals surface area contributed by atoms with Crippen molar-refractivity contribution in [2.75, 3.05) is 0 Å². The van der Waals surface area contributed by atoms with Crippen molar-refractivity contribution in [2.45, 2.75) is 39.8 Å². The first-order valence-electron chi connectivity index (χ1n) is 5.55. The number of hydrogen-bond donors (Lipinski definition) is 2. The molecular formula is C13H20N2O. The summed E-state index contributed by atoms with van der Waals surface area (Å²) in [6.07, 6.45) is 0. The third-order valence-electron chi connectivity index (χ3n) is 2.66. The van der Waals surface area contributed by atoms with Gasteiger partial charge in [-0.3, -0.25) is 4.79 Å². The zero-order valence-electron chi connectivity index (χ0n) is 10.4. The molecule has 0 heterocycles. The molecule has 2 atom stereocenters. The van der Waals surface area contributed by atoms with E-state index in [4.69, 9.17) is 5.73 Å². The first kappa shape index (κ1) is 12.7. The van der Waals surface area contributed by atoms with Gasteiger partial charge in [0.15, 0.2) is 0 Å². The minimum atomic E-state index is -0.465. The average molecular weight is 220 g/mol. The van der Waals surface area contributed by atoms with Gasteiger partial charge in [0.2, 0.25) is 5.91 Å². The summed E-state index contributed by atoms with van der Waals surface area (Å²) in [6.45, 7) is 7.76. The van der Waals surface area contributed by atoms with Crippen LogP contribution in [0.15, 0.2) is 18.2 Å². The fourth-order valence-electron chi connectivity index (χ4n) is 1.73. The zero-order valence-corrected chi connectivity index (χ0v) is 10.4. The molecule has 1 unspecified atom stereocenters. The summed E-state index contributed by atoms with van der Waals surface area (Å²) in [4.78, 5) is 11.5. The van der Waals surface area contributed by atoms with Crippen molar-refractivity contribution in [2.24, 2.45) is 5.73 Å². The summed E-state index contributed by atoms with van der Waals surface area (Å²) < 4.78 is 0. The second-order valence-corrected chi connectivity index (χ2v) is 4.38. The molecule has 1 amide bonds. The number of nitrogens with one attached hydrogen (secondary N) is 1. The Bertz CT molecular complexity index is 386. The van der Waals surface area contributed by atoms with Gasteiger partial charge in [-0.2, -0.15) is 0 Å². The van der Waals surface area contributed by atoms with E-state index in [0.717, 1.165) is 5.56 Å². The lowest BCUT2D eigenvalue weighted by atomic mass is 10.00. The molecule has 0 aromatic heterocycles. The summed E-state index contributed by atoms with van der Waals surface area (Å²) in [6, 6.07) is 5.75. The number of hydrogen-bond acceptors (Lipinski definition) is 2. The third-order valence-corrected chi connectivity index (χ3v) is 2.66. The summed E-state index contributed by atoms with van der Waals surface area (Å²) >= 11 is 0. The van der Waals surface area contributed by atoms with Crippen LogP contribution in [0.1, 0.15) is 36.6 Å². The minimum Gasteiger partial charge on any atom is -0.348 e. The van der Waals surface area contributed by atoms with E-state index in [9.17, 15) is 4.79 Å². The van der Waals surface area contributed by atoms with Crippen molar-refractivity contribution in [1.29, 1.82) is 0 Å². The molecule has 0 radical (unpaired) electrons. The Labute approximate surface area is 97.0 Å². The maximum atomic E-state index is 11.5. The molecule has 1 rings (SSSR count). The SMILES string of the molecule is Cc1ccc(C(C)NC(=O)[C@H](C)N)c(C)c1. The van der Waals surface area contributed by atoms with Gasteiger partial charge in [0.1, 0.15) is 0 Å². The maximum Gasteiger partial charge on any atom is 0.237 e. The second-order valence-electron chi connectivity index (χ2n) is 4.38. The molecule has 3 nitrogen and oxygen atoms in total. The van der Waals surface area contributed by atoms with Gasteiger partial charge < -0.3 is 11.1 Å². The maximum absolute atomic E-state index is 11.5. The first-order chi connectivity index (χ1) is 7.41. The smallest absolute Gasteiger partial charge is 0.237 e. The highest BCUT2D eigenvalue weighted by Gasteiger charge is 2.13. The quantitative estimate of drug-likeness (QED) is 0.816. The highest BCUT2D eigenvalue weighted by molar-refractivity contribution is 5.81. The molecule has 0 aliphatic heterocycles. The molecule has 1 aromatic rings. The topological polar surface area (TPSA) is 55.1 Å². The molecule has 88 valence electrons. The largest absolute Gasteiger partial charge is 0.348 e. The molecule has 3 heteroatoms. The molecule has 1 aromatic carbocycles. The van der Waals surface area contributed by atoms with E-state index in [2.05, 4.69) is 37.4 Å². The van der Waals surface area contributed by atoms with Crippen molar-refractivity contribution in [1.82, 2.24) is 5.32 Å². The Hall–Kier alpha value is -1.35. The van der Waals surface area contributed by atoms with Gasteiger partial charge in [-0.05, 0) is 38.8 Å². The van der Waals surface area contributed by atoms with E-state index in [1.54, 1.807) is 6.92 Å². The summed E-state index contributed by atoms with van der Waals surface area (Å²) in [7, 11) is 0. The molecular weight excluding hydrogens is 200 g/mol. The van der Waals surface area contributed by atoms with Crippen LogP contribution in [0.25, 0.3) is 0 Å². The van der Waals surface area contributed by atoms with Crippen molar-refractivity contribution in [3.63, 3.8) is 0 Å². The fraction of sp³-hybridized carbons (Fsp3) is 0.462.